The molecule has 1 fully saturated rings. The first kappa shape index (κ1) is 13.0. The monoisotopic (exact) mass is 213 g/mol. The number of nitrogens with one attached hydrogen (secondary N) is 1. The fourth-order valence-corrected chi connectivity index (χ4v) is 2.71. The molecule has 0 amide bonds. The Morgan fingerprint density at radius 2 is 2.07 bits per heavy atom. The van der Waals surface area contributed by atoms with Gasteiger partial charge in [0.2, 0.25) is 0 Å². The lowest BCUT2D eigenvalue weighted by Gasteiger charge is -2.44. The molecule has 2 nitrogen and oxygen atoms in total. The van der Waals surface area contributed by atoms with Crippen LogP contribution in [0.4, 0.5) is 0 Å². The van der Waals surface area contributed by atoms with Crippen molar-refractivity contribution in [3.63, 3.8) is 0 Å². The third-order valence-electron chi connectivity index (χ3n) is 4.09. The second-order valence-electron chi connectivity index (χ2n) is 5.11. The predicted molar refractivity (Wildman–Crippen MR) is 65.1 cm³/mol. The van der Waals surface area contributed by atoms with E-state index >= 15 is 0 Å². The Morgan fingerprint density at radius 3 is 2.40 bits per heavy atom. The van der Waals surface area contributed by atoms with Gasteiger partial charge in [0.1, 0.15) is 0 Å². The molecule has 0 saturated heterocycles. The molecule has 1 aliphatic carbocycles. The summed E-state index contributed by atoms with van der Waals surface area (Å²) < 4.78 is 5.69. The Kier molecular flexibility index (Phi) is 5.07. The summed E-state index contributed by atoms with van der Waals surface area (Å²) in [5.74, 6) is 0.757. The standard InChI is InChI=1S/C13H27NO/c1-5-7-11(2)12(14-3)10-13(15-4)8-6-9-13/h11-12,14H,5-10H2,1-4H3. The predicted octanol–water partition coefficient (Wildman–Crippen LogP) is 2.97. The molecule has 0 aromatic heterocycles. The molecule has 0 radical (unpaired) electrons. The van der Waals surface area contributed by atoms with Gasteiger partial charge >= 0.3 is 0 Å². The zero-order valence-corrected chi connectivity index (χ0v) is 10.8. The van der Waals surface area contributed by atoms with Gasteiger partial charge in [-0.25, -0.2) is 0 Å². The fraction of sp³-hybridized carbons (Fsp3) is 1.00. The number of methoxy groups -OCH3 is 1. The van der Waals surface area contributed by atoms with Gasteiger partial charge in [0, 0.05) is 13.2 Å². The molecule has 0 heterocycles. The second-order valence-corrected chi connectivity index (χ2v) is 5.11. The highest BCUT2D eigenvalue weighted by Crippen LogP contribution is 2.40. The summed E-state index contributed by atoms with van der Waals surface area (Å²) in [5.41, 5.74) is 0.204. The molecule has 0 bridgehead atoms. The summed E-state index contributed by atoms with van der Waals surface area (Å²) in [6.07, 6.45) is 7.61. The van der Waals surface area contributed by atoms with Crippen molar-refractivity contribution in [2.75, 3.05) is 14.2 Å². The van der Waals surface area contributed by atoms with Crippen LogP contribution in [0.5, 0.6) is 0 Å². The smallest absolute Gasteiger partial charge is 0.0693 e. The first-order valence-corrected chi connectivity index (χ1v) is 6.40. The molecule has 0 aromatic rings. The van der Waals surface area contributed by atoms with Crippen molar-refractivity contribution in [3.8, 4) is 0 Å². The van der Waals surface area contributed by atoms with Gasteiger partial charge in [-0.2, -0.15) is 0 Å². The molecular weight excluding hydrogens is 186 g/mol. The van der Waals surface area contributed by atoms with E-state index in [1.807, 2.05) is 7.11 Å². The average molecular weight is 213 g/mol. The van der Waals surface area contributed by atoms with E-state index in [0.717, 1.165) is 5.92 Å². The maximum Gasteiger partial charge on any atom is 0.0693 e. The summed E-state index contributed by atoms with van der Waals surface area (Å²) in [6.45, 7) is 4.62. The van der Waals surface area contributed by atoms with E-state index < -0.39 is 0 Å². The van der Waals surface area contributed by atoms with E-state index in [1.54, 1.807) is 0 Å². The quantitative estimate of drug-likeness (QED) is 0.702. The van der Waals surface area contributed by atoms with Crippen LogP contribution in [0.1, 0.15) is 52.4 Å². The molecular formula is C13H27NO. The lowest BCUT2D eigenvalue weighted by atomic mass is 9.73. The first-order valence-electron chi connectivity index (χ1n) is 6.40. The van der Waals surface area contributed by atoms with E-state index in [1.165, 1.54) is 38.5 Å². The molecule has 2 heteroatoms. The van der Waals surface area contributed by atoms with E-state index in [-0.39, 0.29) is 5.60 Å². The Balaban J connectivity index is 2.44. The third-order valence-corrected chi connectivity index (χ3v) is 4.09. The molecule has 15 heavy (non-hydrogen) atoms. The SMILES string of the molecule is CCCC(C)C(CC1(OC)CCC1)NC. The van der Waals surface area contributed by atoms with Crippen LogP contribution in [0.2, 0.25) is 0 Å². The van der Waals surface area contributed by atoms with Crippen molar-refractivity contribution in [1.82, 2.24) is 5.32 Å². The summed E-state index contributed by atoms with van der Waals surface area (Å²) in [5, 5.41) is 3.46. The molecule has 2 unspecified atom stereocenters. The van der Waals surface area contributed by atoms with E-state index in [9.17, 15) is 0 Å². The Hall–Kier alpha value is -0.0800. The maximum atomic E-state index is 5.69. The number of hydrogen-bond acceptors (Lipinski definition) is 2. The Labute approximate surface area is 94.8 Å². The van der Waals surface area contributed by atoms with Gasteiger partial charge in [-0.05, 0) is 45.1 Å². The zero-order valence-electron chi connectivity index (χ0n) is 10.8. The minimum absolute atomic E-state index is 0.204. The molecule has 1 saturated carbocycles. The third kappa shape index (κ3) is 3.18. The molecule has 1 N–H and O–H groups in total. The van der Waals surface area contributed by atoms with Crippen LogP contribution >= 0.6 is 0 Å². The zero-order chi connectivity index (χ0) is 11.3. The van der Waals surface area contributed by atoms with Gasteiger partial charge in [-0.15, -0.1) is 0 Å². The molecule has 1 rings (SSSR count). The molecule has 0 spiro atoms. The van der Waals surface area contributed by atoms with Gasteiger partial charge in [0.05, 0.1) is 5.60 Å². The highest BCUT2D eigenvalue weighted by atomic mass is 16.5. The topological polar surface area (TPSA) is 21.3 Å². The van der Waals surface area contributed by atoms with Crippen LogP contribution in [0.15, 0.2) is 0 Å². The summed E-state index contributed by atoms with van der Waals surface area (Å²) >= 11 is 0. The van der Waals surface area contributed by atoms with Crippen LogP contribution in [-0.2, 0) is 4.74 Å². The average Bonchev–Trinajstić information content (AvgIpc) is 2.18. The summed E-state index contributed by atoms with van der Waals surface area (Å²) in [6, 6.07) is 0.616. The second kappa shape index (κ2) is 5.86. The Morgan fingerprint density at radius 1 is 1.40 bits per heavy atom. The van der Waals surface area contributed by atoms with Crippen LogP contribution in [0.25, 0.3) is 0 Å². The van der Waals surface area contributed by atoms with Gasteiger partial charge < -0.3 is 10.1 Å². The molecule has 90 valence electrons. The minimum atomic E-state index is 0.204. The first-order chi connectivity index (χ1) is 7.17. The molecule has 0 aromatic carbocycles. The number of rotatable bonds is 7. The van der Waals surface area contributed by atoms with Crippen molar-refractivity contribution in [2.24, 2.45) is 5.92 Å². The van der Waals surface area contributed by atoms with Gasteiger partial charge in [0.25, 0.3) is 0 Å². The Bertz CT molecular complexity index is 172. The fourth-order valence-electron chi connectivity index (χ4n) is 2.71. The molecule has 2 atom stereocenters. The van der Waals surface area contributed by atoms with Crippen molar-refractivity contribution in [2.45, 2.75) is 64.0 Å². The van der Waals surface area contributed by atoms with E-state index in [0.29, 0.717) is 6.04 Å². The maximum absolute atomic E-state index is 5.69. The van der Waals surface area contributed by atoms with E-state index in [4.69, 9.17) is 4.74 Å². The minimum Gasteiger partial charge on any atom is -0.378 e. The highest BCUT2D eigenvalue weighted by molar-refractivity contribution is 4.93. The summed E-state index contributed by atoms with van der Waals surface area (Å²) in [7, 11) is 3.95. The lowest BCUT2D eigenvalue weighted by Crippen LogP contribution is -2.47. The number of ether oxygens (including phenoxy) is 1. The van der Waals surface area contributed by atoms with Crippen LogP contribution in [0, 0.1) is 5.92 Å². The van der Waals surface area contributed by atoms with E-state index in [2.05, 4.69) is 26.2 Å². The normalized spacial score (nSPS) is 23.2. The van der Waals surface area contributed by atoms with Crippen molar-refractivity contribution >= 4 is 0 Å². The number of hydrogen-bond donors (Lipinski definition) is 1. The van der Waals surface area contributed by atoms with Gasteiger partial charge in [-0.3, -0.25) is 0 Å². The van der Waals surface area contributed by atoms with Crippen molar-refractivity contribution < 1.29 is 4.74 Å². The van der Waals surface area contributed by atoms with Crippen molar-refractivity contribution in [3.05, 3.63) is 0 Å². The summed E-state index contributed by atoms with van der Waals surface area (Å²) in [4.78, 5) is 0. The van der Waals surface area contributed by atoms with Gasteiger partial charge in [0.15, 0.2) is 0 Å². The molecule has 1 aliphatic rings. The van der Waals surface area contributed by atoms with Crippen LogP contribution in [-0.4, -0.2) is 25.8 Å². The highest BCUT2D eigenvalue weighted by Gasteiger charge is 2.39. The van der Waals surface area contributed by atoms with Gasteiger partial charge in [-0.1, -0.05) is 20.3 Å². The molecule has 0 aliphatic heterocycles. The van der Waals surface area contributed by atoms with Crippen LogP contribution < -0.4 is 5.32 Å². The largest absolute Gasteiger partial charge is 0.378 e. The van der Waals surface area contributed by atoms with Crippen molar-refractivity contribution in [1.29, 1.82) is 0 Å². The van der Waals surface area contributed by atoms with Crippen LogP contribution in [0.3, 0.4) is 0 Å². The lowest BCUT2D eigenvalue weighted by molar-refractivity contribution is -0.0862.